The molecule has 0 aromatic heterocycles. The van der Waals surface area contributed by atoms with Gasteiger partial charge in [0, 0.05) is 6.08 Å². The van der Waals surface area contributed by atoms with Crippen LogP contribution in [0.3, 0.4) is 0 Å². The van der Waals surface area contributed by atoms with Gasteiger partial charge in [0.1, 0.15) is 0 Å². The van der Waals surface area contributed by atoms with Crippen molar-refractivity contribution in [2.45, 2.75) is 6.92 Å². The number of carbonyl (C=O) groups excluding carboxylic acids is 1. The summed E-state index contributed by atoms with van der Waals surface area (Å²) < 4.78 is 10.4. The molecule has 0 heterocycles. The van der Waals surface area contributed by atoms with E-state index in [1.165, 1.54) is 11.6 Å². The minimum absolute atomic E-state index is 0.299. The minimum atomic E-state index is -0.299. The highest BCUT2D eigenvalue weighted by atomic mass is 16.5. The van der Waals surface area contributed by atoms with Gasteiger partial charge in [-0.2, -0.15) is 5.10 Å². The van der Waals surface area contributed by atoms with E-state index >= 15 is 0 Å². The highest BCUT2D eigenvalue weighted by Crippen LogP contribution is 2.26. The zero-order valence-electron chi connectivity index (χ0n) is 13.9. The van der Waals surface area contributed by atoms with Crippen molar-refractivity contribution in [3.8, 4) is 11.5 Å². The van der Waals surface area contributed by atoms with Crippen LogP contribution in [0.1, 0.15) is 16.7 Å². The number of nitrogens with zero attached hydrogens (tertiary/aromatic N) is 1. The third-order valence-corrected chi connectivity index (χ3v) is 3.30. The van der Waals surface area contributed by atoms with Crippen LogP contribution >= 0.6 is 0 Å². The van der Waals surface area contributed by atoms with Crippen LogP contribution in [-0.4, -0.2) is 26.3 Å². The lowest BCUT2D eigenvalue weighted by molar-refractivity contribution is -0.116. The first-order valence-electron chi connectivity index (χ1n) is 7.42. The zero-order valence-corrected chi connectivity index (χ0v) is 13.9. The van der Waals surface area contributed by atoms with Gasteiger partial charge in [-0.15, -0.1) is 0 Å². The number of methoxy groups -OCH3 is 2. The molecule has 0 fully saturated rings. The quantitative estimate of drug-likeness (QED) is 0.504. The smallest absolute Gasteiger partial charge is 0.264 e. The molecular weight excluding hydrogens is 304 g/mol. The van der Waals surface area contributed by atoms with Crippen LogP contribution in [-0.2, 0) is 4.79 Å². The number of hydrogen-bond donors (Lipinski definition) is 1. The maximum absolute atomic E-state index is 11.7. The maximum atomic E-state index is 11.7. The van der Waals surface area contributed by atoms with Gasteiger partial charge in [0.25, 0.3) is 5.91 Å². The second-order valence-electron chi connectivity index (χ2n) is 5.09. The van der Waals surface area contributed by atoms with E-state index in [1.54, 1.807) is 38.6 Å². The molecular formula is C19H20N2O3. The van der Waals surface area contributed by atoms with E-state index in [0.717, 1.165) is 11.1 Å². The van der Waals surface area contributed by atoms with Crippen LogP contribution in [0, 0.1) is 6.92 Å². The Morgan fingerprint density at radius 1 is 1.00 bits per heavy atom. The predicted molar refractivity (Wildman–Crippen MR) is 95.5 cm³/mol. The van der Waals surface area contributed by atoms with Gasteiger partial charge in [0.05, 0.1) is 20.4 Å². The molecule has 1 amide bonds. The Morgan fingerprint density at radius 2 is 1.67 bits per heavy atom. The molecule has 2 rings (SSSR count). The average Bonchev–Trinajstić information content (AvgIpc) is 2.61. The van der Waals surface area contributed by atoms with Crippen molar-refractivity contribution in [2.24, 2.45) is 5.10 Å². The fraction of sp³-hybridized carbons (Fsp3) is 0.158. The van der Waals surface area contributed by atoms with Gasteiger partial charge in [-0.3, -0.25) is 4.79 Å². The molecule has 2 aromatic carbocycles. The standard InChI is InChI=1S/C19H20N2O3/c1-14-4-6-15(7-5-14)9-11-19(22)21-20-13-16-8-10-17(23-2)18(12-16)24-3/h4-13H,1-3H3,(H,21,22)/b11-9+,20-13-. The monoisotopic (exact) mass is 324 g/mol. The van der Waals surface area contributed by atoms with Crippen molar-refractivity contribution in [1.29, 1.82) is 0 Å². The van der Waals surface area contributed by atoms with Crippen molar-refractivity contribution in [1.82, 2.24) is 5.43 Å². The molecule has 0 aliphatic heterocycles. The number of amides is 1. The highest BCUT2D eigenvalue weighted by molar-refractivity contribution is 5.92. The molecule has 124 valence electrons. The fourth-order valence-corrected chi connectivity index (χ4v) is 1.99. The van der Waals surface area contributed by atoms with E-state index < -0.39 is 0 Å². The summed E-state index contributed by atoms with van der Waals surface area (Å²) in [6.45, 7) is 2.02. The molecule has 0 bridgehead atoms. The Bertz CT molecular complexity index is 750. The lowest BCUT2D eigenvalue weighted by Gasteiger charge is -2.07. The van der Waals surface area contributed by atoms with Crippen molar-refractivity contribution < 1.29 is 14.3 Å². The average molecular weight is 324 g/mol. The van der Waals surface area contributed by atoms with Crippen molar-refractivity contribution >= 4 is 18.2 Å². The van der Waals surface area contributed by atoms with Crippen molar-refractivity contribution in [3.63, 3.8) is 0 Å². The summed E-state index contributed by atoms with van der Waals surface area (Å²) in [6, 6.07) is 13.3. The third-order valence-electron chi connectivity index (χ3n) is 3.30. The number of hydrogen-bond acceptors (Lipinski definition) is 4. The Labute approximate surface area is 141 Å². The second-order valence-corrected chi connectivity index (χ2v) is 5.09. The van der Waals surface area contributed by atoms with Crippen molar-refractivity contribution in [3.05, 3.63) is 65.2 Å². The zero-order chi connectivity index (χ0) is 17.4. The van der Waals surface area contributed by atoms with E-state index in [1.807, 2.05) is 37.3 Å². The minimum Gasteiger partial charge on any atom is -0.493 e. The van der Waals surface area contributed by atoms with Crippen LogP contribution in [0.2, 0.25) is 0 Å². The molecule has 5 heteroatoms. The second kappa shape index (κ2) is 8.53. The van der Waals surface area contributed by atoms with Gasteiger partial charge in [-0.25, -0.2) is 5.43 Å². The molecule has 0 atom stereocenters. The number of carbonyl (C=O) groups is 1. The lowest BCUT2D eigenvalue weighted by atomic mass is 10.1. The van der Waals surface area contributed by atoms with E-state index in [-0.39, 0.29) is 5.91 Å². The third kappa shape index (κ3) is 4.98. The topological polar surface area (TPSA) is 59.9 Å². The summed E-state index contributed by atoms with van der Waals surface area (Å²) in [5.74, 6) is 0.944. The molecule has 0 aliphatic rings. The summed E-state index contributed by atoms with van der Waals surface area (Å²) in [7, 11) is 3.14. The Morgan fingerprint density at radius 3 is 2.33 bits per heavy atom. The molecule has 0 aliphatic carbocycles. The summed E-state index contributed by atoms with van der Waals surface area (Å²) >= 11 is 0. The Hall–Kier alpha value is -3.08. The Balaban J connectivity index is 1.93. The van der Waals surface area contributed by atoms with Crippen LogP contribution in [0.25, 0.3) is 6.08 Å². The van der Waals surface area contributed by atoms with E-state index in [2.05, 4.69) is 10.5 Å². The van der Waals surface area contributed by atoms with Gasteiger partial charge in [0.15, 0.2) is 11.5 Å². The van der Waals surface area contributed by atoms with Gasteiger partial charge >= 0.3 is 0 Å². The molecule has 1 N–H and O–H groups in total. The largest absolute Gasteiger partial charge is 0.493 e. The number of nitrogens with one attached hydrogen (secondary N) is 1. The SMILES string of the molecule is COc1ccc(/C=N\NC(=O)/C=C/c2ccc(C)cc2)cc1OC. The first kappa shape index (κ1) is 17.3. The first-order chi connectivity index (χ1) is 11.6. The maximum Gasteiger partial charge on any atom is 0.264 e. The van der Waals surface area contributed by atoms with Crippen LogP contribution in [0.4, 0.5) is 0 Å². The normalized spacial score (nSPS) is 11.0. The predicted octanol–water partition coefficient (Wildman–Crippen LogP) is 3.18. The summed E-state index contributed by atoms with van der Waals surface area (Å²) in [4.78, 5) is 11.7. The summed E-state index contributed by atoms with van der Waals surface area (Å²) in [6.07, 6.45) is 4.72. The van der Waals surface area contributed by atoms with Gasteiger partial charge in [0.2, 0.25) is 0 Å². The summed E-state index contributed by atoms with van der Waals surface area (Å²) in [5.41, 5.74) is 5.37. The van der Waals surface area contributed by atoms with Gasteiger partial charge in [-0.05, 0) is 42.3 Å². The first-order valence-corrected chi connectivity index (χ1v) is 7.42. The van der Waals surface area contributed by atoms with E-state index in [9.17, 15) is 4.79 Å². The van der Waals surface area contributed by atoms with Gasteiger partial charge < -0.3 is 9.47 Å². The molecule has 0 saturated carbocycles. The van der Waals surface area contributed by atoms with Crippen molar-refractivity contribution in [2.75, 3.05) is 14.2 Å². The van der Waals surface area contributed by atoms with Crippen LogP contribution in [0.5, 0.6) is 11.5 Å². The lowest BCUT2D eigenvalue weighted by Crippen LogP contribution is -2.14. The number of rotatable bonds is 6. The number of benzene rings is 2. The fourth-order valence-electron chi connectivity index (χ4n) is 1.99. The molecule has 5 nitrogen and oxygen atoms in total. The Kier molecular flexibility index (Phi) is 6.14. The summed E-state index contributed by atoms with van der Waals surface area (Å²) in [5, 5.41) is 3.93. The number of hydrazone groups is 1. The number of aryl methyl sites for hydroxylation is 1. The molecule has 0 radical (unpaired) electrons. The molecule has 2 aromatic rings. The van der Waals surface area contributed by atoms with Gasteiger partial charge in [-0.1, -0.05) is 29.8 Å². The number of ether oxygens (including phenoxy) is 2. The molecule has 0 saturated heterocycles. The molecule has 0 unspecified atom stereocenters. The van der Waals surface area contributed by atoms with E-state index in [0.29, 0.717) is 11.5 Å². The molecule has 0 spiro atoms. The highest BCUT2D eigenvalue weighted by Gasteiger charge is 2.03. The van der Waals surface area contributed by atoms with Crippen LogP contribution in [0.15, 0.2) is 53.6 Å². The van der Waals surface area contributed by atoms with E-state index in [4.69, 9.17) is 9.47 Å². The van der Waals surface area contributed by atoms with Crippen LogP contribution < -0.4 is 14.9 Å². The molecule has 24 heavy (non-hydrogen) atoms.